The van der Waals surface area contributed by atoms with Crippen LogP contribution in [0.5, 0.6) is 0 Å². The molecule has 0 aliphatic carbocycles. The van der Waals surface area contributed by atoms with Gasteiger partial charge in [-0.05, 0) is 32.0 Å². The summed E-state index contributed by atoms with van der Waals surface area (Å²) in [5, 5.41) is 1.19. The predicted molar refractivity (Wildman–Crippen MR) is 90.4 cm³/mol. The van der Waals surface area contributed by atoms with Gasteiger partial charge in [0.15, 0.2) is 0 Å². The lowest BCUT2D eigenvalue weighted by Gasteiger charge is -2.34. The molecule has 0 bridgehead atoms. The van der Waals surface area contributed by atoms with Gasteiger partial charge >= 0.3 is 0 Å². The largest absolute Gasteiger partial charge is 0.337 e. The van der Waals surface area contributed by atoms with E-state index in [1.54, 1.807) is 0 Å². The van der Waals surface area contributed by atoms with Gasteiger partial charge in [0.2, 0.25) is 0 Å². The highest BCUT2D eigenvalue weighted by Gasteiger charge is 2.26. The monoisotopic (exact) mass is 299 g/mol. The summed E-state index contributed by atoms with van der Waals surface area (Å²) in [7, 11) is 0. The number of benzene rings is 1. The number of piperazine rings is 1. The summed E-state index contributed by atoms with van der Waals surface area (Å²) in [5.41, 5.74) is 3.15. The predicted octanol–water partition coefficient (Wildman–Crippen LogP) is 2.75. The first kappa shape index (κ1) is 15.1. The van der Waals surface area contributed by atoms with Crippen molar-refractivity contribution in [2.75, 3.05) is 32.7 Å². The van der Waals surface area contributed by atoms with E-state index >= 15 is 0 Å². The van der Waals surface area contributed by atoms with Crippen LogP contribution in [0.15, 0.2) is 24.3 Å². The summed E-state index contributed by atoms with van der Waals surface area (Å²) in [6.07, 6.45) is 0. The summed E-state index contributed by atoms with van der Waals surface area (Å²) >= 11 is 0. The number of nitrogens with zero attached hydrogens (tertiary/aromatic N) is 3. The zero-order chi connectivity index (χ0) is 15.7. The number of hydrogen-bond donors (Lipinski definition) is 0. The highest BCUT2D eigenvalue weighted by Crippen LogP contribution is 2.26. The maximum absolute atomic E-state index is 13.1. The second-order valence-corrected chi connectivity index (χ2v) is 5.96. The average Bonchev–Trinajstić information content (AvgIpc) is 2.87. The van der Waals surface area contributed by atoms with Crippen molar-refractivity contribution in [3.8, 4) is 0 Å². The minimum atomic E-state index is 0.186. The average molecular weight is 299 g/mol. The van der Waals surface area contributed by atoms with E-state index in [0.29, 0.717) is 0 Å². The molecule has 22 heavy (non-hydrogen) atoms. The van der Waals surface area contributed by atoms with Crippen LogP contribution in [0.1, 0.15) is 29.9 Å². The Morgan fingerprint density at radius 3 is 2.36 bits per heavy atom. The number of fused-ring (bicyclic) bond motifs is 1. The molecule has 1 aromatic heterocycles. The number of likely N-dealkylation sites (N-methyl/N-ethyl adjacent to an activating group) is 1. The Morgan fingerprint density at radius 1 is 1.05 bits per heavy atom. The van der Waals surface area contributed by atoms with Crippen LogP contribution in [0.2, 0.25) is 0 Å². The number of carbonyl (C=O) groups is 1. The lowest BCUT2D eigenvalue weighted by atomic mass is 10.1. The van der Waals surface area contributed by atoms with Crippen molar-refractivity contribution in [1.82, 2.24) is 14.4 Å². The second-order valence-electron chi connectivity index (χ2n) is 5.96. The lowest BCUT2D eigenvalue weighted by Crippen LogP contribution is -2.49. The fourth-order valence-electron chi connectivity index (χ4n) is 3.50. The van der Waals surface area contributed by atoms with Crippen LogP contribution >= 0.6 is 0 Å². The van der Waals surface area contributed by atoms with Gasteiger partial charge in [-0.3, -0.25) is 4.79 Å². The Balaban J connectivity index is 1.96. The first-order valence-corrected chi connectivity index (χ1v) is 8.26. The summed E-state index contributed by atoms with van der Waals surface area (Å²) in [6, 6.07) is 8.31. The maximum atomic E-state index is 13.1. The van der Waals surface area contributed by atoms with Crippen molar-refractivity contribution in [2.24, 2.45) is 0 Å². The van der Waals surface area contributed by atoms with E-state index in [9.17, 15) is 4.79 Å². The summed E-state index contributed by atoms with van der Waals surface area (Å²) in [4.78, 5) is 17.5. The number of hydrogen-bond acceptors (Lipinski definition) is 2. The van der Waals surface area contributed by atoms with Crippen LogP contribution in [0, 0.1) is 6.92 Å². The quantitative estimate of drug-likeness (QED) is 0.872. The van der Waals surface area contributed by atoms with Gasteiger partial charge in [-0.25, -0.2) is 0 Å². The molecule has 1 aromatic carbocycles. The molecule has 2 aromatic rings. The van der Waals surface area contributed by atoms with Gasteiger partial charge in [0.25, 0.3) is 5.91 Å². The number of para-hydroxylation sites is 1. The van der Waals surface area contributed by atoms with E-state index in [1.807, 2.05) is 17.0 Å². The molecule has 0 radical (unpaired) electrons. The highest BCUT2D eigenvalue weighted by molar-refractivity contribution is 6.01. The minimum Gasteiger partial charge on any atom is -0.337 e. The van der Waals surface area contributed by atoms with Gasteiger partial charge in [-0.15, -0.1) is 0 Å². The summed E-state index contributed by atoms with van der Waals surface area (Å²) < 4.78 is 2.17. The SMILES string of the molecule is CCN1CCN(C(=O)c2c(C)c3ccccc3n2CC)CC1. The number of rotatable bonds is 3. The van der Waals surface area contributed by atoms with E-state index in [2.05, 4.69) is 42.4 Å². The van der Waals surface area contributed by atoms with Gasteiger partial charge in [0.05, 0.1) is 0 Å². The standard InChI is InChI=1S/C18H25N3O/c1-4-19-10-12-20(13-11-19)18(22)17-14(3)15-8-6-7-9-16(15)21(17)5-2/h6-9H,4-5,10-13H2,1-3H3. The first-order valence-electron chi connectivity index (χ1n) is 8.26. The Labute approximate surface area is 132 Å². The number of amides is 1. The Hall–Kier alpha value is -1.81. The van der Waals surface area contributed by atoms with E-state index in [-0.39, 0.29) is 5.91 Å². The number of carbonyl (C=O) groups excluding carboxylic acids is 1. The van der Waals surface area contributed by atoms with Gasteiger partial charge in [0.1, 0.15) is 5.69 Å². The van der Waals surface area contributed by atoms with Crippen molar-refractivity contribution in [2.45, 2.75) is 27.3 Å². The molecule has 4 nitrogen and oxygen atoms in total. The Bertz CT molecular complexity index is 681. The normalized spacial score (nSPS) is 16.4. The lowest BCUT2D eigenvalue weighted by molar-refractivity contribution is 0.0632. The molecule has 3 rings (SSSR count). The van der Waals surface area contributed by atoms with Crippen LogP contribution in [-0.2, 0) is 6.54 Å². The summed E-state index contributed by atoms with van der Waals surface area (Å²) in [6.45, 7) is 11.9. The van der Waals surface area contributed by atoms with E-state index in [1.165, 1.54) is 5.39 Å². The van der Waals surface area contributed by atoms with Crippen LogP contribution < -0.4 is 0 Å². The molecule has 0 saturated carbocycles. The highest BCUT2D eigenvalue weighted by atomic mass is 16.2. The van der Waals surface area contributed by atoms with Crippen LogP contribution in [0.3, 0.4) is 0 Å². The zero-order valence-electron chi connectivity index (χ0n) is 13.8. The molecular weight excluding hydrogens is 274 g/mol. The molecule has 4 heteroatoms. The minimum absolute atomic E-state index is 0.186. The molecule has 2 heterocycles. The van der Waals surface area contributed by atoms with Crippen molar-refractivity contribution in [3.63, 3.8) is 0 Å². The van der Waals surface area contributed by atoms with Gasteiger partial charge in [-0.1, -0.05) is 25.1 Å². The molecule has 0 atom stereocenters. The molecule has 0 unspecified atom stereocenters. The topological polar surface area (TPSA) is 28.5 Å². The number of aromatic nitrogens is 1. The molecule has 0 spiro atoms. The number of aryl methyl sites for hydroxylation is 2. The molecule has 1 saturated heterocycles. The van der Waals surface area contributed by atoms with E-state index in [4.69, 9.17) is 0 Å². The summed E-state index contributed by atoms with van der Waals surface area (Å²) in [5.74, 6) is 0.186. The first-order chi connectivity index (χ1) is 10.7. The van der Waals surface area contributed by atoms with Crippen LogP contribution in [-0.4, -0.2) is 53.0 Å². The second kappa shape index (κ2) is 6.13. The fourth-order valence-corrected chi connectivity index (χ4v) is 3.50. The van der Waals surface area contributed by atoms with Gasteiger partial charge in [0, 0.05) is 43.6 Å². The molecule has 118 valence electrons. The molecule has 1 aliphatic rings. The Kier molecular flexibility index (Phi) is 4.21. The maximum Gasteiger partial charge on any atom is 0.270 e. The molecule has 0 N–H and O–H groups in total. The Morgan fingerprint density at radius 2 is 1.73 bits per heavy atom. The van der Waals surface area contributed by atoms with Crippen molar-refractivity contribution >= 4 is 16.8 Å². The van der Waals surface area contributed by atoms with E-state index in [0.717, 1.165) is 56.0 Å². The third-order valence-electron chi connectivity index (χ3n) is 4.85. The zero-order valence-corrected chi connectivity index (χ0v) is 13.8. The smallest absolute Gasteiger partial charge is 0.270 e. The molecule has 1 fully saturated rings. The van der Waals surface area contributed by atoms with Crippen molar-refractivity contribution < 1.29 is 4.79 Å². The van der Waals surface area contributed by atoms with Crippen molar-refractivity contribution in [1.29, 1.82) is 0 Å². The molecule has 1 aliphatic heterocycles. The molecular formula is C18H25N3O. The van der Waals surface area contributed by atoms with Crippen LogP contribution in [0.4, 0.5) is 0 Å². The molecule has 1 amide bonds. The fraction of sp³-hybridized carbons (Fsp3) is 0.500. The van der Waals surface area contributed by atoms with E-state index < -0.39 is 0 Å². The third kappa shape index (κ3) is 2.41. The van der Waals surface area contributed by atoms with Gasteiger partial charge < -0.3 is 14.4 Å². The van der Waals surface area contributed by atoms with Crippen LogP contribution in [0.25, 0.3) is 10.9 Å². The van der Waals surface area contributed by atoms with Gasteiger partial charge in [-0.2, -0.15) is 0 Å². The van der Waals surface area contributed by atoms with Crippen molar-refractivity contribution in [3.05, 3.63) is 35.5 Å². The third-order valence-corrected chi connectivity index (χ3v) is 4.85.